The molecule has 0 unspecified atom stereocenters. The van der Waals surface area contributed by atoms with Crippen LogP contribution < -0.4 is 0 Å². The van der Waals surface area contributed by atoms with E-state index in [4.69, 9.17) is 0 Å². The predicted molar refractivity (Wildman–Crippen MR) is 89.8 cm³/mol. The molecule has 0 aliphatic heterocycles. The highest BCUT2D eigenvalue weighted by molar-refractivity contribution is 5.69. The summed E-state index contributed by atoms with van der Waals surface area (Å²) in [4.78, 5) is 4.50. The number of hydrogen-bond donors (Lipinski definition) is 0. The number of rotatable bonds is 1. The Morgan fingerprint density at radius 1 is 0.950 bits per heavy atom. The highest BCUT2D eigenvalue weighted by Gasteiger charge is 2.07. The molecule has 2 aromatic rings. The molecule has 0 fully saturated rings. The van der Waals surface area contributed by atoms with Gasteiger partial charge >= 0.3 is 0 Å². The maximum Gasteiger partial charge on any atom is 0.0513 e. The lowest BCUT2D eigenvalue weighted by Gasteiger charge is -2.05. The number of aromatic nitrogens is 1. The molecule has 1 aromatic heterocycles. The van der Waals surface area contributed by atoms with Gasteiger partial charge in [0.05, 0.1) is 5.69 Å². The van der Waals surface area contributed by atoms with Crippen LogP contribution in [0.5, 0.6) is 0 Å². The van der Waals surface area contributed by atoms with Crippen molar-refractivity contribution < 1.29 is 0 Å². The van der Waals surface area contributed by atoms with Crippen molar-refractivity contribution in [2.75, 3.05) is 0 Å². The van der Waals surface area contributed by atoms with Gasteiger partial charge in [-0.3, -0.25) is 4.98 Å². The Morgan fingerprint density at radius 3 is 2.40 bits per heavy atom. The minimum Gasteiger partial charge on any atom is -0.260 e. The number of benzene rings is 1. The lowest BCUT2D eigenvalue weighted by Crippen LogP contribution is -1.89. The van der Waals surface area contributed by atoms with E-state index in [9.17, 15) is 0 Å². The molecule has 1 heteroatoms. The Morgan fingerprint density at radius 2 is 1.70 bits per heavy atom. The standard InChI is InChI=1S/C15H13N.2C2H6/c1-11-4-2-5-12(8-11)14-9-13-6-3-7-15(13)16-10-14;2*1-2/h2-6,8-10H,7H2,1H3;2*1-2H3. The SMILES string of the molecule is CC.CC.Cc1cccc(-c2cnc3c(c2)C=CC3)c1. The second kappa shape index (κ2) is 8.31. The molecule has 1 aliphatic rings. The van der Waals surface area contributed by atoms with Crippen LogP contribution >= 0.6 is 0 Å². The third-order valence-electron chi connectivity index (χ3n) is 2.96. The van der Waals surface area contributed by atoms with Crippen LogP contribution in [0, 0.1) is 6.92 Å². The molecule has 1 aliphatic carbocycles. The molecule has 0 amide bonds. The summed E-state index contributed by atoms with van der Waals surface area (Å²) in [6.45, 7) is 10.1. The van der Waals surface area contributed by atoms with Gasteiger partial charge in [-0.25, -0.2) is 0 Å². The number of fused-ring (bicyclic) bond motifs is 1. The first-order chi connectivity index (χ1) is 9.83. The summed E-state index contributed by atoms with van der Waals surface area (Å²) < 4.78 is 0. The summed E-state index contributed by atoms with van der Waals surface area (Å²) >= 11 is 0. The minimum absolute atomic E-state index is 0.976. The van der Waals surface area contributed by atoms with Gasteiger partial charge in [0.15, 0.2) is 0 Å². The lowest BCUT2D eigenvalue weighted by atomic mass is 10.0. The average molecular weight is 267 g/mol. The summed E-state index contributed by atoms with van der Waals surface area (Å²) in [6.07, 6.45) is 7.27. The molecule has 0 radical (unpaired) electrons. The summed E-state index contributed by atoms with van der Waals surface area (Å²) in [7, 11) is 0. The van der Waals surface area contributed by atoms with Crippen LogP contribution in [-0.4, -0.2) is 4.98 Å². The third kappa shape index (κ3) is 3.80. The Kier molecular flexibility index (Phi) is 6.72. The van der Waals surface area contributed by atoms with Gasteiger partial charge in [-0.15, -0.1) is 0 Å². The van der Waals surface area contributed by atoms with Crippen molar-refractivity contribution in [2.24, 2.45) is 0 Å². The van der Waals surface area contributed by atoms with Gasteiger partial charge in [-0.05, 0) is 24.1 Å². The molecule has 20 heavy (non-hydrogen) atoms. The third-order valence-corrected chi connectivity index (χ3v) is 2.96. The molecule has 0 spiro atoms. The van der Waals surface area contributed by atoms with Crippen LogP contribution in [0.25, 0.3) is 17.2 Å². The largest absolute Gasteiger partial charge is 0.260 e. The lowest BCUT2D eigenvalue weighted by molar-refractivity contribution is 1.13. The molecule has 1 nitrogen and oxygen atoms in total. The van der Waals surface area contributed by atoms with E-state index in [-0.39, 0.29) is 0 Å². The average Bonchev–Trinajstić information content (AvgIpc) is 2.99. The topological polar surface area (TPSA) is 12.9 Å². The van der Waals surface area contributed by atoms with Crippen LogP contribution in [-0.2, 0) is 6.42 Å². The van der Waals surface area contributed by atoms with E-state index in [1.807, 2.05) is 33.9 Å². The number of hydrogen-bond acceptors (Lipinski definition) is 1. The first-order valence-corrected chi connectivity index (χ1v) is 7.55. The second-order valence-electron chi connectivity index (χ2n) is 4.24. The maximum atomic E-state index is 4.50. The molecule has 106 valence electrons. The zero-order valence-corrected chi connectivity index (χ0v) is 13.3. The van der Waals surface area contributed by atoms with Gasteiger partial charge in [0, 0.05) is 18.2 Å². The normalized spacial score (nSPS) is 10.8. The number of allylic oxidation sites excluding steroid dienone is 1. The molecule has 0 bridgehead atoms. The predicted octanol–water partition coefficient (Wildman–Crippen LogP) is 5.68. The first kappa shape index (κ1) is 16.2. The Labute approximate surface area is 123 Å². The Hall–Kier alpha value is -1.89. The van der Waals surface area contributed by atoms with Crippen LogP contribution in [0.15, 0.2) is 42.6 Å². The van der Waals surface area contributed by atoms with Crippen LogP contribution in [0.2, 0.25) is 0 Å². The summed E-state index contributed by atoms with van der Waals surface area (Å²) in [5.74, 6) is 0. The molecule has 0 N–H and O–H groups in total. The highest BCUT2D eigenvalue weighted by atomic mass is 14.7. The van der Waals surface area contributed by atoms with E-state index < -0.39 is 0 Å². The fourth-order valence-corrected chi connectivity index (χ4v) is 2.10. The molecule has 3 rings (SSSR count). The molecule has 1 aromatic carbocycles. The van der Waals surface area contributed by atoms with Gasteiger partial charge < -0.3 is 0 Å². The van der Waals surface area contributed by atoms with E-state index >= 15 is 0 Å². The molecule has 0 saturated heterocycles. The second-order valence-corrected chi connectivity index (χ2v) is 4.24. The summed E-state index contributed by atoms with van der Waals surface area (Å²) in [6, 6.07) is 10.8. The zero-order chi connectivity index (χ0) is 15.0. The maximum absolute atomic E-state index is 4.50. The van der Waals surface area contributed by atoms with Gasteiger partial charge in [-0.2, -0.15) is 0 Å². The van der Waals surface area contributed by atoms with Crippen molar-refractivity contribution in [2.45, 2.75) is 41.0 Å². The van der Waals surface area contributed by atoms with E-state index in [0.717, 1.165) is 6.42 Å². The van der Waals surface area contributed by atoms with Crippen molar-refractivity contribution in [3.63, 3.8) is 0 Å². The van der Waals surface area contributed by atoms with Crippen LogP contribution in [0.3, 0.4) is 0 Å². The summed E-state index contributed by atoms with van der Waals surface area (Å²) in [5.41, 5.74) is 6.19. The Balaban J connectivity index is 0.000000461. The number of nitrogens with zero attached hydrogens (tertiary/aromatic N) is 1. The molecule has 0 saturated carbocycles. The zero-order valence-electron chi connectivity index (χ0n) is 13.3. The highest BCUT2D eigenvalue weighted by Crippen LogP contribution is 2.25. The number of pyridine rings is 1. The monoisotopic (exact) mass is 267 g/mol. The quantitative estimate of drug-likeness (QED) is 0.648. The van der Waals surface area contributed by atoms with E-state index in [2.05, 4.69) is 54.4 Å². The molecular formula is C19H25N. The van der Waals surface area contributed by atoms with E-state index in [0.29, 0.717) is 0 Å². The fourth-order valence-electron chi connectivity index (χ4n) is 2.10. The van der Waals surface area contributed by atoms with Crippen molar-refractivity contribution in [3.05, 3.63) is 59.4 Å². The fraction of sp³-hybridized carbons (Fsp3) is 0.316. The molecule has 1 heterocycles. The molecule has 0 atom stereocenters. The van der Waals surface area contributed by atoms with Crippen molar-refractivity contribution in [1.29, 1.82) is 0 Å². The smallest absolute Gasteiger partial charge is 0.0513 e. The first-order valence-electron chi connectivity index (χ1n) is 7.55. The minimum atomic E-state index is 0.976. The molecular weight excluding hydrogens is 242 g/mol. The van der Waals surface area contributed by atoms with Gasteiger partial charge in [-0.1, -0.05) is 69.7 Å². The van der Waals surface area contributed by atoms with E-state index in [1.54, 1.807) is 0 Å². The van der Waals surface area contributed by atoms with Crippen LogP contribution in [0.1, 0.15) is 44.5 Å². The number of aryl methyl sites for hydroxylation is 1. The van der Waals surface area contributed by atoms with E-state index in [1.165, 1.54) is 27.9 Å². The van der Waals surface area contributed by atoms with Crippen molar-refractivity contribution >= 4 is 6.08 Å². The van der Waals surface area contributed by atoms with Crippen molar-refractivity contribution in [3.8, 4) is 11.1 Å². The summed E-state index contributed by atoms with van der Waals surface area (Å²) in [5, 5.41) is 0. The van der Waals surface area contributed by atoms with Gasteiger partial charge in [0.2, 0.25) is 0 Å². The van der Waals surface area contributed by atoms with Crippen molar-refractivity contribution in [1.82, 2.24) is 4.98 Å². The Bertz CT molecular complexity index is 568. The van der Waals surface area contributed by atoms with Crippen LogP contribution in [0.4, 0.5) is 0 Å². The van der Waals surface area contributed by atoms with Gasteiger partial charge in [0.1, 0.15) is 0 Å². The van der Waals surface area contributed by atoms with Gasteiger partial charge in [0.25, 0.3) is 0 Å².